The van der Waals surface area contributed by atoms with E-state index in [4.69, 9.17) is 18.7 Å². The van der Waals surface area contributed by atoms with Crippen LogP contribution in [0.25, 0.3) is 0 Å². The van der Waals surface area contributed by atoms with Crippen LogP contribution in [0.1, 0.15) is 22.5 Å². The number of hydrogen-bond donors (Lipinski definition) is 1. The Morgan fingerprint density at radius 3 is 2.39 bits per heavy atom. The van der Waals surface area contributed by atoms with Crippen LogP contribution in [0.15, 0.2) is 28.8 Å². The highest BCUT2D eigenvalue weighted by atomic mass is 16.5. The number of carbonyl (C=O) groups is 2. The van der Waals surface area contributed by atoms with Crippen LogP contribution in [0.4, 0.5) is 5.82 Å². The lowest BCUT2D eigenvalue weighted by Crippen LogP contribution is -2.39. The number of hydrogen-bond acceptors (Lipinski definition) is 7. The molecular weight excluding hydrogens is 366 g/mol. The molecule has 1 aromatic carbocycles. The van der Waals surface area contributed by atoms with Gasteiger partial charge in [0.05, 0.1) is 14.2 Å². The van der Waals surface area contributed by atoms with Gasteiger partial charge in [0.1, 0.15) is 29.4 Å². The Kier molecular flexibility index (Phi) is 7.82. The number of anilines is 1. The molecule has 2 rings (SSSR count). The third-order valence-corrected chi connectivity index (χ3v) is 3.94. The number of nitrogens with one attached hydrogen (secondary N) is 1. The van der Waals surface area contributed by atoms with Gasteiger partial charge in [-0.1, -0.05) is 11.2 Å². The van der Waals surface area contributed by atoms with Gasteiger partial charge in [0.25, 0.3) is 5.91 Å². The van der Waals surface area contributed by atoms with E-state index in [1.807, 2.05) is 0 Å². The van der Waals surface area contributed by atoms with Crippen molar-refractivity contribution in [2.24, 2.45) is 0 Å². The van der Waals surface area contributed by atoms with Gasteiger partial charge in [0.15, 0.2) is 5.82 Å². The van der Waals surface area contributed by atoms with E-state index in [0.29, 0.717) is 42.6 Å². The molecule has 0 saturated heterocycles. The summed E-state index contributed by atoms with van der Waals surface area (Å²) >= 11 is 0. The highest BCUT2D eigenvalue weighted by Crippen LogP contribution is 2.29. The first-order chi connectivity index (χ1) is 13.5. The smallest absolute Gasteiger partial charge is 0.261 e. The lowest BCUT2D eigenvalue weighted by atomic mass is 10.1. The van der Waals surface area contributed by atoms with E-state index >= 15 is 0 Å². The Bertz CT molecular complexity index is 782. The summed E-state index contributed by atoms with van der Waals surface area (Å²) in [5, 5.41) is 6.34. The van der Waals surface area contributed by atoms with Gasteiger partial charge in [-0.15, -0.1) is 0 Å². The van der Waals surface area contributed by atoms with Gasteiger partial charge in [0, 0.05) is 26.3 Å². The third-order valence-electron chi connectivity index (χ3n) is 3.94. The largest absolute Gasteiger partial charge is 0.496 e. The standard InChI is InChI=1S/C19H25N3O6/c1-13-11-16(21-28-13)20-17(23)12-22(9-6-10-25-2)19(24)18-14(26-3)7-5-8-15(18)27-4/h5,7-8,11H,6,9-10,12H2,1-4H3,(H,20,21,23). The first-order valence-corrected chi connectivity index (χ1v) is 8.72. The van der Waals surface area contributed by atoms with E-state index in [1.165, 1.54) is 19.1 Å². The van der Waals surface area contributed by atoms with E-state index in [-0.39, 0.29) is 18.0 Å². The first kappa shape index (κ1) is 21.2. The van der Waals surface area contributed by atoms with Crippen LogP contribution in [0.2, 0.25) is 0 Å². The van der Waals surface area contributed by atoms with Crippen molar-refractivity contribution in [2.45, 2.75) is 13.3 Å². The van der Waals surface area contributed by atoms with Gasteiger partial charge < -0.3 is 29.0 Å². The van der Waals surface area contributed by atoms with Crippen LogP contribution in [0.5, 0.6) is 11.5 Å². The zero-order valence-electron chi connectivity index (χ0n) is 16.5. The predicted octanol–water partition coefficient (Wildman–Crippen LogP) is 2.12. The Hall–Kier alpha value is -3.07. The van der Waals surface area contributed by atoms with Crippen LogP contribution in [-0.2, 0) is 9.53 Å². The molecule has 0 aliphatic heterocycles. The lowest BCUT2D eigenvalue weighted by Gasteiger charge is -2.24. The van der Waals surface area contributed by atoms with Crippen molar-refractivity contribution in [3.8, 4) is 11.5 Å². The fourth-order valence-corrected chi connectivity index (χ4v) is 2.65. The van der Waals surface area contributed by atoms with E-state index in [0.717, 1.165) is 0 Å². The Balaban J connectivity index is 2.22. The fraction of sp³-hybridized carbons (Fsp3) is 0.421. The molecule has 2 aromatic rings. The predicted molar refractivity (Wildman–Crippen MR) is 102 cm³/mol. The molecule has 0 aliphatic carbocycles. The quantitative estimate of drug-likeness (QED) is 0.619. The monoisotopic (exact) mass is 391 g/mol. The zero-order valence-corrected chi connectivity index (χ0v) is 16.5. The van der Waals surface area contributed by atoms with E-state index in [9.17, 15) is 9.59 Å². The molecule has 152 valence electrons. The van der Waals surface area contributed by atoms with Crippen molar-refractivity contribution in [3.63, 3.8) is 0 Å². The molecule has 0 fully saturated rings. The average Bonchev–Trinajstić information content (AvgIpc) is 3.10. The summed E-state index contributed by atoms with van der Waals surface area (Å²) in [7, 11) is 4.52. The molecule has 0 spiro atoms. The summed E-state index contributed by atoms with van der Waals surface area (Å²) in [5.74, 6) is 0.829. The summed E-state index contributed by atoms with van der Waals surface area (Å²) in [5.41, 5.74) is 0.259. The number of benzene rings is 1. The molecule has 0 atom stereocenters. The van der Waals surface area contributed by atoms with Crippen molar-refractivity contribution >= 4 is 17.6 Å². The minimum absolute atomic E-state index is 0.171. The van der Waals surface area contributed by atoms with Gasteiger partial charge in [-0.2, -0.15) is 0 Å². The summed E-state index contributed by atoms with van der Waals surface area (Å²) in [6.07, 6.45) is 0.566. The van der Waals surface area contributed by atoms with Crippen LogP contribution in [0, 0.1) is 6.92 Å². The van der Waals surface area contributed by atoms with E-state index in [2.05, 4.69) is 10.5 Å². The lowest BCUT2D eigenvalue weighted by molar-refractivity contribution is -0.117. The number of methoxy groups -OCH3 is 3. The van der Waals surface area contributed by atoms with Gasteiger partial charge in [-0.25, -0.2) is 0 Å². The molecule has 1 aromatic heterocycles. The highest BCUT2D eigenvalue weighted by Gasteiger charge is 2.25. The third kappa shape index (κ3) is 5.46. The number of nitrogens with zero attached hydrogens (tertiary/aromatic N) is 2. The summed E-state index contributed by atoms with van der Waals surface area (Å²) in [6, 6.07) is 6.66. The molecule has 0 unspecified atom stereocenters. The van der Waals surface area contributed by atoms with Gasteiger partial charge in [-0.3, -0.25) is 9.59 Å². The molecule has 0 radical (unpaired) electrons. The number of aromatic nitrogens is 1. The van der Waals surface area contributed by atoms with Gasteiger partial charge in [-0.05, 0) is 25.5 Å². The Morgan fingerprint density at radius 2 is 1.86 bits per heavy atom. The number of amides is 2. The van der Waals surface area contributed by atoms with Crippen LogP contribution >= 0.6 is 0 Å². The van der Waals surface area contributed by atoms with Crippen molar-refractivity contribution in [2.75, 3.05) is 46.3 Å². The van der Waals surface area contributed by atoms with Crippen LogP contribution < -0.4 is 14.8 Å². The summed E-state index contributed by atoms with van der Waals surface area (Å²) in [4.78, 5) is 27.0. The molecule has 1 heterocycles. The molecule has 1 N–H and O–H groups in total. The SMILES string of the molecule is COCCCN(CC(=O)Nc1cc(C)on1)C(=O)c1c(OC)cccc1OC. The molecule has 28 heavy (non-hydrogen) atoms. The highest BCUT2D eigenvalue weighted by molar-refractivity contribution is 6.02. The molecule has 2 amide bonds. The molecule has 9 nitrogen and oxygen atoms in total. The van der Waals surface area contributed by atoms with Crippen LogP contribution in [0.3, 0.4) is 0 Å². The minimum Gasteiger partial charge on any atom is -0.496 e. The van der Waals surface area contributed by atoms with Gasteiger partial charge >= 0.3 is 0 Å². The number of carbonyl (C=O) groups excluding carboxylic acids is 2. The van der Waals surface area contributed by atoms with Crippen molar-refractivity contribution < 1.29 is 28.3 Å². The normalized spacial score (nSPS) is 10.4. The van der Waals surface area contributed by atoms with Crippen molar-refractivity contribution in [3.05, 3.63) is 35.6 Å². The second kappa shape index (κ2) is 10.3. The second-order valence-corrected chi connectivity index (χ2v) is 5.98. The molecule has 0 bridgehead atoms. The topological polar surface area (TPSA) is 103 Å². The summed E-state index contributed by atoms with van der Waals surface area (Å²) < 4.78 is 20.6. The average molecular weight is 391 g/mol. The minimum atomic E-state index is -0.395. The number of aryl methyl sites for hydroxylation is 1. The van der Waals surface area contributed by atoms with Gasteiger partial charge in [0.2, 0.25) is 5.91 Å². The maximum atomic E-state index is 13.2. The molecular formula is C19H25N3O6. The zero-order chi connectivity index (χ0) is 20.5. The van der Waals surface area contributed by atoms with E-state index < -0.39 is 5.91 Å². The maximum absolute atomic E-state index is 13.2. The molecule has 0 saturated carbocycles. The fourth-order valence-electron chi connectivity index (χ4n) is 2.65. The number of ether oxygens (including phenoxy) is 3. The first-order valence-electron chi connectivity index (χ1n) is 8.72. The summed E-state index contributed by atoms with van der Waals surface area (Å²) in [6.45, 7) is 2.32. The van der Waals surface area contributed by atoms with E-state index in [1.54, 1.807) is 38.3 Å². The molecule has 0 aliphatic rings. The maximum Gasteiger partial charge on any atom is 0.261 e. The molecule has 9 heteroatoms. The Morgan fingerprint density at radius 1 is 1.18 bits per heavy atom. The second-order valence-electron chi connectivity index (χ2n) is 5.98. The van der Waals surface area contributed by atoms with Crippen LogP contribution in [-0.4, -0.2) is 62.9 Å². The van der Waals surface area contributed by atoms with Crippen molar-refractivity contribution in [1.29, 1.82) is 0 Å². The van der Waals surface area contributed by atoms with Crippen molar-refractivity contribution in [1.82, 2.24) is 10.1 Å². The number of rotatable bonds is 10. The Labute approximate surface area is 163 Å².